The number of carbonyl (C=O) groups excluding carboxylic acids is 1. The van der Waals surface area contributed by atoms with E-state index in [-0.39, 0.29) is 11.7 Å². The van der Waals surface area contributed by atoms with E-state index in [1.165, 1.54) is 18.2 Å². The number of nitrogens with one attached hydrogen (secondary N) is 1. The van der Waals surface area contributed by atoms with Crippen molar-refractivity contribution in [1.29, 1.82) is 0 Å². The quantitative estimate of drug-likeness (QED) is 0.826. The first-order valence-electron chi connectivity index (χ1n) is 6.24. The van der Waals surface area contributed by atoms with Gasteiger partial charge in [0.1, 0.15) is 11.6 Å². The molecule has 0 aliphatic rings. The first-order valence-corrected chi connectivity index (χ1v) is 7.03. The highest BCUT2D eigenvalue weighted by Crippen LogP contribution is 2.26. The minimum absolute atomic E-state index is 0.309. The Morgan fingerprint density at radius 2 is 1.95 bits per heavy atom. The number of hydrogen-bond acceptors (Lipinski definition) is 3. The van der Waals surface area contributed by atoms with Gasteiger partial charge in [-0.3, -0.25) is 4.79 Å². The maximum Gasteiger partial charge on any atom is 0.265 e. The summed E-state index contributed by atoms with van der Waals surface area (Å²) in [6.07, 6.45) is -0.732. The van der Waals surface area contributed by atoms with Crippen molar-refractivity contribution < 1.29 is 13.9 Å². The zero-order valence-electron chi connectivity index (χ0n) is 11.3. The molecule has 0 fully saturated rings. The molecule has 3 N–H and O–H groups in total. The highest BCUT2D eigenvalue weighted by atomic mass is 79.9. The number of hydrogen-bond donors (Lipinski definition) is 2. The maximum atomic E-state index is 13.0. The van der Waals surface area contributed by atoms with E-state index in [4.69, 9.17) is 10.5 Å². The summed E-state index contributed by atoms with van der Waals surface area (Å²) in [6.45, 7) is 1.61. The summed E-state index contributed by atoms with van der Waals surface area (Å²) in [5.41, 5.74) is 6.82. The highest BCUT2D eigenvalue weighted by Gasteiger charge is 2.16. The molecule has 0 aliphatic heterocycles. The van der Waals surface area contributed by atoms with Gasteiger partial charge in [-0.25, -0.2) is 4.39 Å². The molecule has 2 rings (SSSR count). The molecule has 1 amide bonds. The van der Waals surface area contributed by atoms with Crippen LogP contribution in [0.1, 0.15) is 6.92 Å². The van der Waals surface area contributed by atoms with Crippen LogP contribution in [0.4, 0.5) is 15.8 Å². The van der Waals surface area contributed by atoms with Crippen LogP contribution in [-0.2, 0) is 4.79 Å². The van der Waals surface area contributed by atoms with Crippen molar-refractivity contribution in [2.45, 2.75) is 13.0 Å². The molecule has 2 aromatic rings. The van der Waals surface area contributed by atoms with Crippen molar-refractivity contribution in [3.05, 3.63) is 52.8 Å². The molecular formula is C15H14BrFN2O2. The molecule has 0 bridgehead atoms. The summed E-state index contributed by atoms with van der Waals surface area (Å²) in [5, 5.41) is 2.71. The molecule has 0 aliphatic carbocycles. The first kappa shape index (κ1) is 15.3. The van der Waals surface area contributed by atoms with Gasteiger partial charge >= 0.3 is 0 Å². The van der Waals surface area contributed by atoms with E-state index in [1.54, 1.807) is 31.2 Å². The van der Waals surface area contributed by atoms with Crippen molar-refractivity contribution in [1.82, 2.24) is 0 Å². The SMILES string of the molecule is CC(Oc1ccc(F)cc1Br)C(=O)Nc1ccc(N)cc1. The second-order valence-corrected chi connectivity index (χ2v) is 5.30. The zero-order valence-corrected chi connectivity index (χ0v) is 12.9. The Labute approximate surface area is 130 Å². The Balaban J connectivity index is 2.00. The summed E-state index contributed by atoms with van der Waals surface area (Å²) in [7, 11) is 0. The minimum atomic E-state index is -0.732. The summed E-state index contributed by atoms with van der Waals surface area (Å²) >= 11 is 3.19. The number of benzene rings is 2. The first-order chi connectivity index (χ1) is 9.95. The fourth-order valence-corrected chi connectivity index (χ4v) is 2.07. The molecule has 6 heteroatoms. The molecule has 0 radical (unpaired) electrons. The van der Waals surface area contributed by atoms with Gasteiger partial charge < -0.3 is 15.8 Å². The van der Waals surface area contributed by atoms with Crippen LogP contribution >= 0.6 is 15.9 Å². The number of anilines is 2. The summed E-state index contributed by atoms with van der Waals surface area (Å²) in [4.78, 5) is 12.0. The van der Waals surface area contributed by atoms with Crippen molar-refractivity contribution in [2.75, 3.05) is 11.1 Å². The molecule has 0 saturated heterocycles. The molecular weight excluding hydrogens is 339 g/mol. The molecule has 2 aromatic carbocycles. The van der Waals surface area contributed by atoms with Gasteiger partial charge in [0.15, 0.2) is 6.10 Å². The number of carbonyl (C=O) groups is 1. The fourth-order valence-electron chi connectivity index (χ4n) is 1.63. The van der Waals surface area contributed by atoms with Gasteiger partial charge in [-0.1, -0.05) is 0 Å². The number of nitrogen functional groups attached to an aromatic ring is 1. The smallest absolute Gasteiger partial charge is 0.265 e. The molecule has 110 valence electrons. The molecule has 1 unspecified atom stereocenters. The van der Waals surface area contributed by atoms with Gasteiger partial charge in [-0.15, -0.1) is 0 Å². The lowest BCUT2D eigenvalue weighted by Crippen LogP contribution is -2.30. The lowest BCUT2D eigenvalue weighted by Gasteiger charge is -2.15. The van der Waals surface area contributed by atoms with Crippen LogP contribution in [0.5, 0.6) is 5.75 Å². The normalized spacial score (nSPS) is 11.8. The van der Waals surface area contributed by atoms with E-state index in [2.05, 4.69) is 21.2 Å². The topological polar surface area (TPSA) is 64.3 Å². The predicted molar refractivity (Wildman–Crippen MR) is 83.7 cm³/mol. The Kier molecular flexibility index (Phi) is 4.80. The van der Waals surface area contributed by atoms with Gasteiger partial charge in [0.2, 0.25) is 0 Å². The number of rotatable bonds is 4. The maximum absolute atomic E-state index is 13.0. The van der Waals surface area contributed by atoms with E-state index >= 15 is 0 Å². The molecule has 0 heterocycles. The van der Waals surface area contributed by atoms with Crippen LogP contribution in [0.2, 0.25) is 0 Å². The van der Waals surface area contributed by atoms with Gasteiger partial charge in [-0.2, -0.15) is 0 Å². The largest absolute Gasteiger partial charge is 0.480 e. The Bertz CT molecular complexity index is 647. The predicted octanol–water partition coefficient (Wildman–Crippen LogP) is 3.58. The van der Waals surface area contributed by atoms with Gasteiger partial charge in [0.25, 0.3) is 5.91 Å². The Hall–Kier alpha value is -2.08. The molecule has 4 nitrogen and oxygen atoms in total. The monoisotopic (exact) mass is 352 g/mol. The van der Waals surface area contributed by atoms with E-state index in [9.17, 15) is 9.18 Å². The highest BCUT2D eigenvalue weighted by molar-refractivity contribution is 9.10. The number of nitrogens with two attached hydrogens (primary N) is 1. The molecule has 0 spiro atoms. The van der Waals surface area contributed by atoms with E-state index < -0.39 is 6.10 Å². The van der Waals surface area contributed by atoms with Crippen molar-refractivity contribution in [3.8, 4) is 5.75 Å². The van der Waals surface area contributed by atoms with E-state index in [0.717, 1.165) is 0 Å². The van der Waals surface area contributed by atoms with Gasteiger partial charge in [-0.05, 0) is 65.3 Å². The molecule has 1 atom stereocenters. The van der Waals surface area contributed by atoms with E-state index in [0.29, 0.717) is 21.6 Å². The number of ether oxygens (including phenoxy) is 1. The van der Waals surface area contributed by atoms with Crippen LogP contribution in [0.3, 0.4) is 0 Å². The lowest BCUT2D eigenvalue weighted by atomic mass is 10.2. The molecule has 0 aromatic heterocycles. The standard InChI is InChI=1S/C15H14BrFN2O2/c1-9(21-14-7-2-10(17)8-13(14)16)15(20)19-12-5-3-11(18)4-6-12/h2-9H,18H2,1H3,(H,19,20). The van der Waals surface area contributed by atoms with Crippen LogP contribution in [0.15, 0.2) is 46.9 Å². The van der Waals surface area contributed by atoms with Gasteiger partial charge in [0.05, 0.1) is 4.47 Å². The van der Waals surface area contributed by atoms with Crippen LogP contribution < -0.4 is 15.8 Å². The molecule has 0 saturated carbocycles. The number of halogens is 2. The lowest BCUT2D eigenvalue weighted by molar-refractivity contribution is -0.122. The van der Waals surface area contributed by atoms with Crippen LogP contribution in [0.25, 0.3) is 0 Å². The summed E-state index contributed by atoms with van der Waals surface area (Å²) in [6, 6.07) is 10.8. The zero-order chi connectivity index (χ0) is 15.4. The summed E-state index contributed by atoms with van der Waals surface area (Å²) in [5.74, 6) is -0.291. The van der Waals surface area contributed by atoms with Crippen molar-refractivity contribution in [2.24, 2.45) is 0 Å². The van der Waals surface area contributed by atoms with Gasteiger partial charge in [0, 0.05) is 11.4 Å². The third kappa shape index (κ3) is 4.19. The Morgan fingerprint density at radius 3 is 2.57 bits per heavy atom. The average molecular weight is 353 g/mol. The third-order valence-electron chi connectivity index (χ3n) is 2.75. The number of amides is 1. The third-order valence-corrected chi connectivity index (χ3v) is 3.36. The van der Waals surface area contributed by atoms with Crippen molar-refractivity contribution >= 4 is 33.2 Å². The van der Waals surface area contributed by atoms with Crippen molar-refractivity contribution in [3.63, 3.8) is 0 Å². The second kappa shape index (κ2) is 6.58. The summed E-state index contributed by atoms with van der Waals surface area (Å²) < 4.78 is 18.9. The minimum Gasteiger partial charge on any atom is -0.480 e. The van der Waals surface area contributed by atoms with Crippen LogP contribution in [0, 0.1) is 5.82 Å². The van der Waals surface area contributed by atoms with E-state index in [1.807, 2.05) is 0 Å². The fraction of sp³-hybridized carbons (Fsp3) is 0.133. The Morgan fingerprint density at radius 1 is 1.29 bits per heavy atom. The second-order valence-electron chi connectivity index (χ2n) is 4.45. The average Bonchev–Trinajstić information content (AvgIpc) is 2.44. The molecule has 21 heavy (non-hydrogen) atoms. The van der Waals surface area contributed by atoms with Crippen LogP contribution in [-0.4, -0.2) is 12.0 Å².